The van der Waals surface area contributed by atoms with Crippen LogP contribution in [0.2, 0.25) is 0 Å². The number of hydrogen-bond acceptors (Lipinski definition) is 2. The third-order valence-corrected chi connectivity index (χ3v) is 4.39. The summed E-state index contributed by atoms with van der Waals surface area (Å²) in [5, 5.41) is 9.89. The molecule has 0 aromatic heterocycles. The first-order chi connectivity index (χ1) is 10.0. The predicted molar refractivity (Wildman–Crippen MR) is 86.8 cm³/mol. The molecule has 0 aliphatic rings. The van der Waals surface area contributed by atoms with Gasteiger partial charge in [-0.05, 0) is 36.6 Å². The van der Waals surface area contributed by atoms with Gasteiger partial charge < -0.3 is 10.8 Å². The van der Waals surface area contributed by atoms with Crippen molar-refractivity contribution in [2.75, 3.05) is 13.2 Å². The molecule has 2 rings (SSSR count). The molecule has 2 aromatic rings. The highest BCUT2D eigenvalue weighted by atomic mass is 79.9. The van der Waals surface area contributed by atoms with Crippen LogP contribution in [0.4, 0.5) is 4.39 Å². The second-order valence-corrected chi connectivity index (χ2v) is 6.34. The minimum Gasteiger partial charge on any atom is -0.395 e. The van der Waals surface area contributed by atoms with E-state index in [0.717, 1.165) is 11.1 Å². The lowest BCUT2D eigenvalue weighted by molar-refractivity contribution is 0.195. The van der Waals surface area contributed by atoms with E-state index in [-0.39, 0.29) is 19.0 Å². The third-order valence-electron chi connectivity index (χ3n) is 3.90. The Bertz CT molecular complexity index is 609. The molecule has 0 spiro atoms. The van der Waals surface area contributed by atoms with Gasteiger partial charge in [0.25, 0.3) is 0 Å². The van der Waals surface area contributed by atoms with Crippen LogP contribution in [-0.2, 0) is 11.8 Å². The maximum Gasteiger partial charge on any atom is 0.127 e. The van der Waals surface area contributed by atoms with Crippen molar-refractivity contribution in [2.45, 2.75) is 18.8 Å². The molecule has 0 saturated heterocycles. The van der Waals surface area contributed by atoms with Crippen molar-refractivity contribution in [3.05, 3.63) is 69.4 Å². The molecule has 1 unspecified atom stereocenters. The SMILES string of the molecule is Cc1ccc(C(CN)(CO)Cc2ccc(Br)cc2F)cc1. The summed E-state index contributed by atoms with van der Waals surface area (Å²) in [6.45, 7) is 2.13. The van der Waals surface area contributed by atoms with Gasteiger partial charge in [-0.15, -0.1) is 0 Å². The standard InChI is InChI=1S/C17H19BrFNO/c1-12-2-5-14(6-3-12)17(10-20,11-21)9-13-4-7-15(18)8-16(13)19/h2-8,21H,9-11,20H2,1H3. The molecular formula is C17H19BrFNO. The second kappa shape index (κ2) is 6.69. The maximum atomic E-state index is 14.1. The van der Waals surface area contributed by atoms with E-state index in [1.54, 1.807) is 12.1 Å². The number of aryl methyl sites for hydroxylation is 1. The average molecular weight is 352 g/mol. The summed E-state index contributed by atoms with van der Waals surface area (Å²) in [6.07, 6.45) is 0.363. The summed E-state index contributed by atoms with van der Waals surface area (Å²) in [6, 6.07) is 12.8. The van der Waals surface area contributed by atoms with Crippen LogP contribution in [0.25, 0.3) is 0 Å². The molecule has 112 valence electrons. The van der Waals surface area contributed by atoms with E-state index in [0.29, 0.717) is 16.5 Å². The molecule has 1 atom stereocenters. The Morgan fingerprint density at radius 2 is 1.86 bits per heavy atom. The van der Waals surface area contributed by atoms with Crippen molar-refractivity contribution < 1.29 is 9.50 Å². The molecular weight excluding hydrogens is 333 g/mol. The highest BCUT2D eigenvalue weighted by Gasteiger charge is 2.31. The van der Waals surface area contributed by atoms with Gasteiger partial charge in [0.05, 0.1) is 6.61 Å². The van der Waals surface area contributed by atoms with Crippen molar-refractivity contribution >= 4 is 15.9 Å². The summed E-state index contributed by atoms with van der Waals surface area (Å²) < 4.78 is 14.8. The van der Waals surface area contributed by atoms with Gasteiger partial charge in [-0.3, -0.25) is 0 Å². The van der Waals surface area contributed by atoms with Crippen molar-refractivity contribution in [2.24, 2.45) is 5.73 Å². The topological polar surface area (TPSA) is 46.2 Å². The maximum absolute atomic E-state index is 14.1. The van der Waals surface area contributed by atoms with Crippen LogP contribution in [0, 0.1) is 12.7 Å². The Hall–Kier alpha value is -1.23. The summed E-state index contributed by atoms with van der Waals surface area (Å²) in [7, 11) is 0. The molecule has 0 saturated carbocycles. The Morgan fingerprint density at radius 1 is 1.19 bits per heavy atom. The van der Waals surface area contributed by atoms with Crippen LogP contribution in [0.5, 0.6) is 0 Å². The molecule has 0 aliphatic carbocycles. The smallest absolute Gasteiger partial charge is 0.127 e. The Morgan fingerprint density at radius 3 is 2.38 bits per heavy atom. The van der Waals surface area contributed by atoms with Crippen LogP contribution in [0.15, 0.2) is 46.9 Å². The van der Waals surface area contributed by atoms with Crippen LogP contribution in [0.1, 0.15) is 16.7 Å². The first kappa shape index (κ1) is 16.1. The molecule has 21 heavy (non-hydrogen) atoms. The quantitative estimate of drug-likeness (QED) is 0.867. The predicted octanol–water partition coefficient (Wildman–Crippen LogP) is 3.33. The van der Waals surface area contributed by atoms with E-state index < -0.39 is 5.41 Å². The first-order valence-electron chi connectivity index (χ1n) is 6.83. The lowest BCUT2D eigenvalue weighted by atomic mass is 9.76. The highest BCUT2D eigenvalue weighted by molar-refractivity contribution is 9.10. The molecule has 0 bridgehead atoms. The lowest BCUT2D eigenvalue weighted by Gasteiger charge is -2.31. The summed E-state index contributed by atoms with van der Waals surface area (Å²) in [5.41, 5.74) is 7.88. The van der Waals surface area contributed by atoms with Crippen LogP contribution >= 0.6 is 15.9 Å². The monoisotopic (exact) mass is 351 g/mol. The van der Waals surface area contributed by atoms with Crippen LogP contribution in [0.3, 0.4) is 0 Å². The number of aliphatic hydroxyl groups excluding tert-OH is 1. The molecule has 4 heteroatoms. The van der Waals surface area contributed by atoms with E-state index in [1.165, 1.54) is 6.07 Å². The number of halogens is 2. The fraction of sp³-hybridized carbons (Fsp3) is 0.294. The van der Waals surface area contributed by atoms with Gasteiger partial charge in [-0.25, -0.2) is 4.39 Å². The average Bonchev–Trinajstić information content (AvgIpc) is 2.48. The van der Waals surface area contributed by atoms with Crippen molar-refractivity contribution in [3.63, 3.8) is 0 Å². The van der Waals surface area contributed by atoms with Gasteiger partial charge in [0.15, 0.2) is 0 Å². The minimum absolute atomic E-state index is 0.123. The largest absolute Gasteiger partial charge is 0.395 e. The van der Waals surface area contributed by atoms with E-state index in [2.05, 4.69) is 15.9 Å². The minimum atomic E-state index is -0.664. The summed E-state index contributed by atoms with van der Waals surface area (Å²) in [4.78, 5) is 0. The normalized spacial score (nSPS) is 14.0. The van der Waals surface area contributed by atoms with E-state index >= 15 is 0 Å². The van der Waals surface area contributed by atoms with Gasteiger partial charge in [0.1, 0.15) is 5.82 Å². The number of benzene rings is 2. The zero-order chi connectivity index (χ0) is 15.5. The first-order valence-corrected chi connectivity index (χ1v) is 7.62. The molecule has 0 fully saturated rings. The molecule has 0 heterocycles. The molecule has 2 nitrogen and oxygen atoms in total. The molecule has 2 aromatic carbocycles. The number of rotatable bonds is 5. The van der Waals surface area contributed by atoms with E-state index in [9.17, 15) is 9.50 Å². The number of nitrogens with two attached hydrogens (primary N) is 1. The molecule has 0 aliphatic heterocycles. The van der Waals surface area contributed by atoms with Gasteiger partial charge in [0, 0.05) is 16.4 Å². The van der Waals surface area contributed by atoms with Gasteiger partial charge in [-0.1, -0.05) is 51.8 Å². The van der Waals surface area contributed by atoms with Gasteiger partial charge in [0.2, 0.25) is 0 Å². The lowest BCUT2D eigenvalue weighted by Crippen LogP contribution is -2.41. The van der Waals surface area contributed by atoms with Gasteiger partial charge >= 0.3 is 0 Å². The van der Waals surface area contributed by atoms with Crippen molar-refractivity contribution in [1.29, 1.82) is 0 Å². The zero-order valence-corrected chi connectivity index (χ0v) is 13.5. The second-order valence-electron chi connectivity index (χ2n) is 5.42. The van der Waals surface area contributed by atoms with Crippen LogP contribution < -0.4 is 5.73 Å². The fourth-order valence-electron chi connectivity index (χ4n) is 2.44. The van der Waals surface area contributed by atoms with Crippen molar-refractivity contribution in [1.82, 2.24) is 0 Å². The number of hydrogen-bond donors (Lipinski definition) is 2. The Balaban J connectivity index is 2.40. The molecule has 0 radical (unpaired) electrons. The molecule has 3 N–H and O–H groups in total. The Labute approximate surface area is 132 Å². The highest BCUT2D eigenvalue weighted by Crippen LogP contribution is 2.29. The van der Waals surface area contributed by atoms with Gasteiger partial charge in [-0.2, -0.15) is 0 Å². The summed E-state index contributed by atoms with van der Waals surface area (Å²) >= 11 is 3.25. The Kier molecular flexibility index (Phi) is 5.14. The van der Waals surface area contributed by atoms with E-state index in [4.69, 9.17) is 5.73 Å². The number of aliphatic hydroxyl groups is 1. The fourth-order valence-corrected chi connectivity index (χ4v) is 2.77. The van der Waals surface area contributed by atoms with E-state index in [1.807, 2.05) is 31.2 Å². The van der Waals surface area contributed by atoms with Crippen molar-refractivity contribution in [3.8, 4) is 0 Å². The zero-order valence-electron chi connectivity index (χ0n) is 11.9. The summed E-state index contributed by atoms with van der Waals surface area (Å²) in [5.74, 6) is -0.289. The van der Waals surface area contributed by atoms with Crippen LogP contribution in [-0.4, -0.2) is 18.3 Å². The third kappa shape index (κ3) is 3.51. The molecule has 0 amide bonds.